The van der Waals surface area contributed by atoms with E-state index in [4.69, 9.17) is 22.1 Å². The molecule has 18 heavy (non-hydrogen) atoms. The average Bonchev–Trinajstić information content (AvgIpc) is 2.40. The van der Waals surface area contributed by atoms with Crippen molar-refractivity contribution in [1.82, 2.24) is 4.90 Å². The summed E-state index contributed by atoms with van der Waals surface area (Å²) >= 11 is 6.21. The lowest BCUT2D eigenvalue weighted by atomic mass is 9.93. The smallest absolute Gasteiger partial charge is 0.142 e. The maximum Gasteiger partial charge on any atom is 0.142 e. The highest BCUT2D eigenvalue weighted by Gasteiger charge is 2.34. The minimum absolute atomic E-state index is 0.0362. The van der Waals surface area contributed by atoms with E-state index in [0.717, 1.165) is 24.4 Å². The maximum atomic E-state index is 6.26. The highest BCUT2D eigenvalue weighted by atomic mass is 35.5. The van der Waals surface area contributed by atoms with Gasteiger partial charge in [0.05, 0.1) is 17.1 Å². The first-order chi connectivity index (χ1) is 8.77. The van der Waals surface area contributed by atoms with Gasteiger partial charge in [-0.1, -0.05) is 30.2 Å². The zero-order valence-electron chi connectivity index (χ0n) is 10.4. The summed E-state index contributed by atoms with van der Waals surface area (Å²) in [6.45, 7) is 2.81. The molecule has 0 bridgehead atoms. The SMILES string of the molecule is NC1COc2c(Cl)cccc2C1N1CCCCC1. The molecule has 4 heteroatoms. The number of halogens is 1. The van der Waals surface area contributed by atoms with E-state index in [9.17, 15) is 0 Å². The lowest BCUT2D eigenvalue weighted by Gasteiger charge is -2.41. The molecule has 3 rings (SSSR count). The molecule has 0 aromatic heterocycles. The van der Waals surface area contributed by atoms with Crippen molar-refractivity contribution >= 4 is 11.6 Å². The molecule has 0 amide bonds. The standard InChI is InChI=1S/C14H19ClN2O/c15-11-6-4-5-10-13(12(16)9-18-14(10)11)17-7-2-1-3-8-17/h4-6,12-13H,1-3,7-9,16H2. The second-order valence-corrected chi connectivity index (χ2v) is 5.58. The molecule has 1 saturated heterocycles. The van der Waals surface area contributed by atoms with Crippen LogP contribution in [0.3, 0.4) is 0 Å². The lowest BCUT2D eigenvalue weighted by molar-refractivity contribution is 0.101. The largest absolute Gasteiger partial charge is 0.490 e. The van der Waals surface area contributed by atoms with Gasteiger partial charge in [0.15, 0.2) is 0 Å². The van der Waals surface area contributed by atoms with E-state index in [1.165, 1.54) is 19.3 Å². The molecule has 2 unspecified atom stereocenters. The molecule has 2 aliphatic heterocycles. The molecule has 0 radical (unpaired) electrons. The van der Waals surface area contributed by atoms with Crippen LogP contribution < -0.4 is 10.5 Å². The molecule has 2 N–H and O–H groups in total. The Morgan fingerprint density at radius 3 is 2.78 bits per heavy atom. The molecule has 2 heterocycles. The third kappa shape index (κ3) is 2.11. The fourth-order valence-electron chi connectivity index (χ4n) is 3.08. The summed E-state index contributed by atoms with van der Waals surface area (Å²) in [4.78, 5) is 2.49. The van der Waals surface area contributed by atoms with E-state index in [-0.39, 0.29) is 12.1 Å². The summed E-state index contributed by atoms with van der Waals surface area (Å²) < 4.78 is 5.70. The van der Waals surface area contributed by atoms with E-state index in [1.54, 1.807) is 0 Å². The van der Waals surface area contributed by atoms with Gasteiger partial charge in [-0.25, -0.2) is 0 Å². The van der Waals surface area contributed by atoms with Crippen molar-refractivity contribution in [2.45, 2.75) is 31.3 Å². The minimum Gasteiger partial charge on any atom is -0.490 e. The van der Waals surface area contributed by atoms with Crippen LogP contribution >= 0.6 is 11.6 Å². The predicted molar refractivity (Wildman–Crippen MR) is 73.1 cm³/mol. The summed E-state index contributed by atoms with van der Waals surface area (Å²) in [5, 5.41) is 0.696. The van der Waals surface area contributed by atoms with Crippen LogP contribution in [0.15, 0.2) is 18.2 Å². The number of benzene rings is 1. The topological polar surface area (TPSA) is 38.5 Å². The Balaban J connectivity index is 1.96. The zero-order valence-corrected chi connectivity index (χ0v) is 11.2. The molecular weight excluding hydrogens is 248 g/mol. The number of rotatable bonds is 1. The van der Waals surface area contributed by atoms with Gasteiger partial charge in [-0.3, -0.25) is 4.90 Å². The predicted octanol–water partition coefficient (Wildman–Crippen LogP) is 2.59. The number of likely N-dealkylation sites (tertiary alicyclic amines) is 1. The van der Waals surface area contributed by atoms with Gasteiger partial charge in [0.1, 0.15) is 12.4 Å². The normalized spacial score (nSPS) is 28.6. The Bertz CT molecular complexity index is 432. The molecule has 3 nitrogen and oxygen atoms in total. The van der Waals surface area contributed by atoms with E-state index in [2.05, 4.69) is 11.0 Å². The summed E-state index contributed by atoms with van der Waals surface area (Å²) in [5.74, 6) is 0.830. The molecule has 98 valence electrons. The first-order valence-electron chi connectivity index (χ1n) is 6.68. The van der Waals surface area contributed by atoms with E-state index in [0.29, 0.717) is 11.6 Å². The molecule has 0 spiro atoms. The Morgan fingerprint density at radius 2 is 2.00 bits per heavy atom. The van der Waals surface area contributed by atoms with Gasteiger partial charge in [-0.2, -0.15) is 0 Å². The van der Waals surface area contributed by atoms with Gasteiger partial charge in [0.25, 0.3) is 0 Å². The van der Waals surface area contributed by atoms with Crippen molar-refractivity contribution in [3.63, 3.8) is 0 Å². The van der Waals surface area contributed by atoms with Gasteiger partial charge >= 0.3 is 0 Å². The summed E-state index contributed by atoms with van der Waals surface area (Å²) in [5.41, 5.74) is 7.42. The number of nitrogens with zero attached hydrogens (tertiary/aromatic N) is 1. The lowest BCUT2D eigenvalue weighted by Crippen LogP contribution is -2.48. The van der Waals surface area contributed by atoms with Crippen molar-refractivity contribution < 1.29 is 4.74 Å². The van der Waals surface area contributed by atoms with Gasteiger partial charge in [-0.05, 0) is 32.0 Å². The molecule has 2 atom stereocenters. The average molecular weight is 267 g/mol. The molecule has 0 saturated carbocycles. The number of piperidine rings is 1. The van der Waals surface area contributed by atoms with Crippen LogP contribution in [0, 0.1) is 0 Å². The van der Waals surface area contributed by atoms with Crippen LogP contribution in [0.1, 0.15) is 30.9 Å². The second kappa shape index (κ2) is 5.08. The van der Waals surface area contributed by atoms with E-state index < -0.39 is 0 Å². The van der Waals surface area contributed by atoms with Crippen LogP contribution in [0.5, 0.6) is 5.75 Å². The van der Waals surface area contributed by atoms with E-state index >= 15 is 0 Å². The molecule has 0 aliphatic carbocycles. The molecule has 1 aromatic rings. The molecular formula is C14H19ClN2O. The van der Waals surface area contributed by atoms with Crippen LogP contribution in [0.25, 0.3) is 0 Å². The monoisotopic (exact) mass is 266 g/mol. The van der Waals surface area contributed by atoms with Crippen LogP contribution in [0.4, 0.5) is 0 Å². The Labute approximate surface area is 113 Å². The van der Waals surface area contributed by atoms with Crippen molar-refractivity contribution in [2.75, 3.05) is 19.7 Å². The number of nitrogens with two attached hydrogens (primary N) is 1. The van der Waals surface area contributed by atoms with Gasteiger partial charge in [0, 0.05) is 5.56 Å². The number of hydrogen-bond acceptors (Lipinski definition) is 3. The van der Waals surface area contributed by atoms with Crippen LogP contribution in [-0.4, -0.2) is 30.6 Å². The quantitative estimate of drug-likeness (QED) is 0.849. The van der Waals surface area contributed by atoms with Gasteiger partial charge in [0.2, 0.25) is 0 Å². The number of fused-ring (bicyclic) bond motifs is 1. The number of ether oxygens (including phenoxy) is 1. The zero-order chi connectivity index (χ0) is 12.5. The minimum atomic E-state index is 0.0362. The molecule has 2 aliphatic rings. The summed E-state index contributed by atoms with van der Waals surface area (Å²) in [6, 6.07) is 6.26. The first kappa shape index (κ1) is 12.3. The Kier molecular flexibility index (Phi) is 3.46. The van der Waals surface area contributed by atoms with Crippen molar-refractivity contribution in [3.05, 3.63) is 28.8 Å². The van der Waals surface area contributed by atoms with Crippen molar-refractivity contribution in [1.29, 1.82) is 0 Å². The van der Waals surface area contributed by atoms with Crippen molar-refractivity contribution in [2.24, 2.45) is 5.73 Å². The Hall–Kier alpha value is -0.770. The van der Waals surface area contributed by atoms with Crippen LogP contribution in [0.2, 0.25) is 5.02 Å². The van der Waals surface area contributed by atoms with Gasteiger partial charge in [-0.15, -0.1) is 0 Å². The fourth-order valence-corrected chi connectivity index (χ4v) is 3.31. The van der Waals surface area contributed by atoms with E-state index in [1.807, 2.05) is 12.1 Å². The Morgan fingerprint density at radius 1 is 1.22 bits per heavy atom. The summed E-state index contributed by atoms with van der Waals surface area (Å²) in [6.07, 6.45) is 3.86. The maximum absolute atomic E-state index is 6.26. The fraction of sp³-hybridized carbons (Fsp3) is 0.571. The van der Waals surface area contributed by atoms with Crippen molar-refractivity contribution in [3.8, 4) is 5.75 Å². The highest BCUT2D eigenvalue weighted by Crippen LogP contribution is 2.40. The molecule has 1 fully saturated rings. The van der Waals surface area contributed by atoms with Gasteiger partial charge < -0.3 is 10.5 Å². The number of para-hydroxylation sites is 1. The first-order valence-corrected chi connectivity index (χ1v) is 7.06. The third-order valence-electron chi connectivity index (χ3n) is 3.93. The third-order valence-corrected chi connectivity index (χ3v) is 4.22. The molecule has 1 aromatic carbocycles. The summed E-state index contributed by atoms with van der Waals surface area (Å²) in [7, 11) is 0. The highest BCUT2D eigenvalue weighted by molar-refractivity contribution is 6.32. The van der Waals surface area contributed by atoms with Crippen LogP contribution in [-0.2, 0) is 0 Å². The second-order valence-electron chi connectivity index (χ2n) is 5.17. The number of hydrogen-bond donors (Lipinski definition) is 1.